The van der Waals surface area contributed by atoms with Gasteiger partial charge < -0.3 is 9.94 Å². The monoisotopic (exact) mass is 315 g/mol. The Morgan fingerprint density at radius 1 is 1.18 bits per heavy atom. The van der Waals surface area contributed by atoms with Gasteiger partial charge in [-0.15, -0.1) is 0 Å². The van der Waals surface area contributed by atoms with Gasteiger partial charge in [0.15, 0.2) is 0 Å². The van der Waals surface area contributed by atoms with Crippen molar-refractivity contribution in [2.75, 3.05) is 7.11 Å². The zero-order valence-electron chi connectivity index (χ0n) is 11.5. The van der Waals surface area contributed by atoms with Gasteiger partial charge in [-0.2, -0.15) is 4.74 Å². The summed E-state index contributed by atoms with van der Waals surface area (Å²) in [7, 11) is 1.25. The lowest BCUT2D eigenvalue weighted by Crippen LogP contribution is -2.16. The van der Waals surface area contributed by atoms with E-state index in [9.17, 15) is 14.8 Å². The maximum Gasteiger partial charge on any atom is 0.338 e. The minimum atomic E-state index is -0.566. The minimum Gasteiger partial charge on any atom is -0.618 e. The summed E-state index contributed by atoms with van der Waals surface area (Å²) in [6.45, 7) is 0. The molecule has 0 radical (unpaired) electrons. The summed E-state index contributed by atoms with van der Waals surface area (Å²) in [6, 6.07) is 10.7. The van der Waals surface area contributed by atoms with Crippen molar-refractivity contribution in [1.29, 1.82) is 0 Å². The van der Waals surface area contributed by atoms with Crippen molar-refractivity contribution in [3.8, 4) is 0 Å². The Balaban J connectivity index is 2.13. The molecular weight excluding hydrogens is 306 g/mol. The first-order valence-corrected chi connectivity index (χ1v) is 6.78. The van der Waals surface area contributed by atoms with E-state index >= 15 is 0 Å². The molecule has 22 heavy (non-hydrogen) atoms. The van der Waals surface area contributed by atoms with Gasteiger partial charge in [-0.1, -0.05) is 11.6 Å². The number of ketones is 1. The second-order valence-corrected chi connectivity index (χ2v) is 5.14. The van der Waals surface area contributed by atoms with Gasteiger partial charge in [0.2, 0.25) is 5.69 Å². The number of rotatable bonds is 2. The Labute approximate surface area is 131 Å². The number of nitrogens with zero attached hydrogens (tertiary/aromatic N) is 1. The standard InChI is InChI=1S/C16H10ClNO4/c1-22-16(20)10-4-7-12-13(8-10)18(21)14(15(12)19)9-2-5-11(17)6-3-9/h2-8H,1H3. The first kappa shape index (κ1) is 14.3. The van der Waals surface area contributed by atoms with E-state index in [0.29, 0.717) is 15.3 Å². The molecule has 0 fully saturated rings. The maximum absolute atomic E-state index is 12.4. The lowest BCUT2D eigenvalue weighted by molar-refractivity contribution is -0.355. The van der Waals surface area contributed by atoms with Gasteiger partial charge in [0.1, 0.15) is 5.56 Å². The summed E-state index contributed by atoms with van der Waals surface area (Å²) >= 11 is 5.81. The molecule has 0 saturated heterocycles. The van der Waals surface area contributed by atoms with Crippen LogP contribution in [0.5, 0.6) is 0 Å². The number of carbonyl (C=O) groups excluding carboxylic acids is 2. The molecule has 1 aliphatic rings. The number of Topliss-reactive ketones (excluding diaryl/α,β-unsaturated/α-hetero) is 1. The molecule has 2 aromatic carbocycles. The highest BCUT2D eigenvalue weighted by Crippen LogP contribution is 2.29. The van der Waals surface area contributed by atoms with Gasteiger partial charge in [0, 0.05) is 11.1 Å². The zero-order valence-corrected chi connectivity index (χ0v) is 12.3. The summed E-state index contributed by atoms with van der Waals surface area (Å²) in [5.74, 6) is -0.952. The molecule has 1 aliphatic heterocycles. The summed E-state index contributed by atoms with van der Waals surface area (Å²) in [4.78, 5) is 24.0. The molecule has 0 aliphatic carbocycles. The van der Waals surface area contributed by atoms with E-state index in [1.165, 1.54) is 25.3 Å². The van der Waals surface area contributed by atoms with Crippen molar-refractivity contribution in [3.05, 3.63) is 69.4 Å². The number of benzene rings is 2. The molecule has 1 heterocycles. The lowest BCUT2D eigenvalue weighted by Gasteiger charge is -2.03. The van der Waals surface area contributed by atoms with Crippen LogP contribution < -0.4 is 0 Å². The predicted octanol–water partition coefficient (Wildman–Crippen LogP) is 2.95. The van der Waals surface area contributed by atoms with Gasteiger partial charge >= 0.3 is 5.97 Å². The quantitative estimate of drug-likeness (QED) is 0.485. The van der Waals surface area contributed by atoms with Crippen LogP contribution in [0, 0.1) is 5.21 Å². The van der Waals surface area contributed by atoms with Gasteiger partial charge in [-0.3, -0.25) is 4.79 Å². The highest BCUT2D eigenvalue weighted by Gasteiger charge is 2.37. The van der Waals surface area contributed by atoms with Crippen molar-refractivity contribution in [2.45, 2.75) is 0 Å². The SMILES string of the molecule is COC(=O)c1ccc2c(c1)[N+]([O-])=C(c1ccc(Cl)cc1)C2=O. The fraction of sp³-hybridized carbons (Fsp3) is 0.0625. The fourth-order valence-corrected chi connectivity index (χ4v) is 2.46. The Morgan fingerprint density at radius 2 is 1.86 bits per heavy atom. The summed E-state index contributed by atoms with van der Waals surface area (Å²) in [5.41, 5.74) is 1.09. The first-order valence-electron chi connectivity index (χ1n) is 6.40. The molecule has 0 bridgehead atoms. The number of methoxy groups -OCH3 is 1. The molecule has 0 unspecified atom stereocenters. The molecule has 0 aromatic heterocycles. The highest BCUT2D eigenvalue weighted by molar-refractivity contribution is 6.52. The van der Waals surface area contributed by atoms with Crippen molar-refractivity contribution in [1.82, 2.24) is 0 Å². The zero-order chi connectivity index (χ0) is 15.9. The first-order chi connectivity index (χ1) is 10.5. The van der Waals surface area contributed by atoms with Gasteiger partial charge in [0.05, 0.1) is 18.2 Å². The van der Waals surface area contributed by atoms with Crippen LogP contribution >= 0.6 is 11.6 Å². The van der Waals surface area contributed by atoms with E-state index < -0.39 is 5.97 Å². The third kappa shape index (κ3) is 2.16. The van der Waals surface area contributed by atoms with Crippen molar-refractivity contribution in [2.24, 2.45) is 0 Å². The fourth-order valence-electron chi connectivity index (χ4n) is 2.33. The third-order valence-electron chi connectivity index (χ3n) is 3.42. The number of hydrogen-bond acceptors (Lipinski definition) is 4. The summed E-state index contributed by atoms with van der Waals surface area (Å²) in [5, 5.41) is 12.9. The summed E-state index contributed by atoms with van der Waals surface area (Å²) < 4.78 is 5.15. The van der Waals surface area contributed by atoms with Crippen molar-refractivity contribution < 1.29 is 19.1 Å². The van der Waals surface area contributed by atoms with E-state index in [-0.39, 0.29) is 28.3 Å². The van der Waals surface area contributed by atoms with E-state index in [2.05, 4.69) is 4.74 Å². The molecule has 0 spiro atoms. The van der Waals surface area contributed by atoms with Crippen LogP contribution in [0.2, 0.25) is 5.02 Å². The number of ether oxygens (including phenoxy) is 1. The molecule has 0 amide bonds. The van der Waals surface area contributed by atoms with E-state index in [1.807, 2.05) is 0 Å². The smallest absolute Gasteiger partial charge is 0.338 e. The van der Waals surface area contributed by atoms with E-state index in [0.717, 1.165) is 0 Å². The maximum atomic E-state index is 12.4. The Hall–Kier alpha value is -2.66. The minimum absolute atomic E-state index is 0.00804. The van der Waals surface area contributed by atoms with Crippen LogP contribution in [0.3, 0.4) is 0 Å². The van der Waals surface area contributed by atoms with Crippen LogP contribution in [-0.2, 0) is 4.74 Å². The predicted molar refractivity (Wildman–Crippen MR) is 81.0 cm³/mol. The van der Waals surface area contributed by atoms with E-state index in [1.54, 1.807) is 24.3 Å². The Morgan fingerprint density at radius 3 is 2.50 bits per heavy atom. The van der Waals surface area contributed by atoms with Gasteiger partial charge in [-0.25, -0.2) is 4.79 Å². The molecular formula is C16H10ClNO4. The normalized spacial score (nSPS) is 13.3. The molecule has 5 nitrogen and oxygen atoms in total. The molecule has 0 atom stereocenters. The molecule has 0 N–H and O–H groups in total. The Kier molecular flexibility index (Phi) is 3.42. The molecule has 0 saturated carbocycles. The second-order valence-electron chi connectivity index (χ2n) is 4.70. The van der Waals surface area contributed by atoms with Crippen molar-refractivity contribution in [3.63, 3.8) is 0 Å². The highest BCUT2D eigenvalue weighted by atomic mass is 35.5. The second kappa shape index (κ2) is 5.27. The van der Waals surface area contributed by atoms with Crippen LogP contribution in [0.25, 0.3) is 0 Å². The third-order valence-corrected chi connectivity index (χ3v) is 3.67. The topological polar surface area (TPSA) is 69.4 Å². The lowest BCUT2D eigenvalue weighted by atomic mass is 10.0. The summed E-state index contributed by atoms with van der Waals surface area (Å²) in [6.07, 6.45) is 0. The van der Waals surface area contributed by atoms with Gasteiger partial charge in [-0.05, 0) is 36.4 Å². The van der Waals surface area contributed by atoms with E-state index in [4.69, 9.17) is 11.6 Å². The molecule has 2 aromatic rings. The van der Waals surface area contributed by atoms with Crippen molar-refractivity contribution >= 4 is 34.8 Å². The largest absolute Gasteiger partial charge is 0.618 e. The van der Waals surface area contributed by atoms with Crippen LogP contribution in [0.1, 0.15) is 26.3 Å². The van der Waals surface area contributed by atoms with Crippen LogP contribution in [-0.4, -0.2) is 29.3 Å². The average molecular weight is 316 g/mol. The molecule has 6 heteroatoms. The van der Waals surface area contributed by atoms with Crippen LogP contribution in [0.15, 0.2) is 42.5 Å². The molecule has 3 rings (SSSR count). The van der Waals surface area contributed by atoms with Crippen LogP contribution in [0.4, 0.5) is 5.69 Å². The number of carbonyl (C=O) groups is 2. The van der Waals surface area contributed by atoms with Gasteiger partial charge in [0.25, 0.3) is 11.5 Å². The number of esters is 1. The number of halogens is 1. The average Bonchev–Trinajstić information content (AvgIpc) is 2.79. The molecule has 110 valence electrons. The number of fused-ring (bicyclic) bond motifs is 1. The number of hydrogen-bond donors (Lipinski definition) is 0. The Bertz CT molecular complexity index is 825.